The quantitative estimate of drug-likeness (QED) is 0.633. The fourth-order valence-electron chi connectivity index (χ4n) is 4.66. The summed E-state index contributed by atoms with van der Waals surface area (Å²) in [4.78, 5) is 30.7. The number of carbonyl (C=O) groups excluding carboxylic acids is 1. The van der Waals surface area contributed by atoms with E-state index in [0.717, 1.165) is 23.5 Å². The number of amides is 1. The standard InChI is InChI=1S/C24H23N5O3/c30-22(28-7-9-31-10-8-28)17-4-5-19-21(11-17)29(14-24(19)15-32-16-24)23-26-12-18(13-27-23)20-3-1-2-6-25-20/h1-6,11-13H,7-10,14-16H2. The highest BCUT2D eigenvalue weighted by molar-refractivity contribution is 5.96. The number of nitrogens with zero attached hydrogens (tertiary/aromatic N) is 5. The molecule has 2 fully saturated rings. The zero-order valence-corrected chi connectivity index (χ0v) is 17.6. The molecule has 1 aromatic carbocycles. The van der Waals surface area contributed by atoms with Crippen molar-refractivity contribution in [2.45, 2.75) is 5.41 Å². The van der Waals surface area contributed by atoms with Crippen molar-refractivity contribution in [3.8, 4) is 11.3 Å². The largest absolute Gasteiger partial charge is 0.379 e. The molecule has 0 bridgehead atoms. The highest BCUT2D eigenvalue weighted by atomic mass is 16.5. The third-order valence-corrected chi connectivity index (χ3v) is 6.46. The Kier molecular flexibility index (Phi) is 4.62. The number of anilines is 2. The molecular formula is C24H23N5O3. The summed E-state index contributed by atoms with van der Waals surface area (Å²) in [5.74, 6) is 0.652. The number of benzene rings is 1. The Bertz CT molecular complexity index is 1140. The molecule has 162 valence electrons. The van der Waals surface area contributed by atoms with Crippen LogP contribution in [0.4, 0.5) is 11.6 Å². The monoisotopic (exact) mass is 429 g/mol. The minimum atomic E-state index is -0.0705. The van der Waals surface area contributed by atoms with Crippen molar-refractivity contribution >= 4 is 17.5 Å². The van der Waals surface area contributed by atoms with E-state index < -0.39 is 0 Å². The van der Waals surface area contributed by atoms with Gasteiger partial charge >= 0.3 is 0 Å². The van der Waals surface area contributed by atoms with E-state index in [1.54, 1.807) is 18.6 Å². The second kappa shape index (κ2) is 7.65. The maximum absolute atomic E-state index is 13.1. The van der Waals surface area contributed by atoms with Crippen LogP contribution in [-0.2, 0) is 14.9 Å². The number of hydrogen-bond donors (Lipinski definition) is 0. The molecule has 0 N–H and O–H groups in total. The number of aromatic nitrogens is 3. The third-order valence-electron chi connectivity index (χ3n) is 6.46. The van der Waals surface area contributed by atoms with Gasteiger partial charge in [-0.25, -0.2) is 9.97 Å². The number of carbonyl (C=O) groups is 1. The Hall–Kier alpha value is -3.36. The summed E-state index contributed by atoms with van der Waals surface area (Å²) in [6, 6.07) is 11.8. The van der Waals surface area contributed by atoms with Gasteiger partial charge in [0.25, 0.3) is 5.91 Å². The number of morpholine rings is 1. The van der Waals surface area contributed by atoms with E-state index >= 15 is 0 Å². The first kappa shape index (κ1) is 19.3. The molecule has 3 aromatic rings. The predicted molar refractivity (Wildman–Crippen MR) is 118 cm³/mol. The number of ether oxygens (including phenoxy) is 2. The van der Waals surface area contributed by atoms with Crippen LogP contribution in [-0.4, -0.2) is 71.8 Å². The molecule has 3 aliphatic heterocycles. The van der Waals surface area contributed by atoms with Gasteiger partial charge in [0.15, 0.2) is 0 Å². The van der Waals surface area contributed by atoms with E-state index in [2.05, 4.69) is 25.9 Å². The fourth-order valence-corrected chi connectivity index (χ4v) is 4.66. The van der Waals surface area contributed by atoms with Gasteiger partial charge in [0.05, 0.1) is 37.5 Å². The van der Waals surface area contributed by atoms with Gasteiger partial charge < -0.3 is 19.3 Å². The molecule has 0 atom stereocenters. The highest BCUT2D eigenvalue weighted by Gasteiger charge is 2.49. The smallest absolute Gasteiger partial charge is 0.254 e. The van der Waals surface area contributed by atoms with Gasteiger partial charge in [-0.2, -0.15) is 0 Å². The lowest BCUT2D eigenvalue weighted by Crippen LogP contribution is -2.49. The van der Waals surface area contributed by atoms with Crippen molar-refractivity contribution in [2.75, 3.05) is 51.0 Å². The van der Waals surface area contributed by atoms with E-state index in [-0.39, 0.29) is 11.3 Å². The van der Waals surface area contributed by atoms with Crippen molar-refractivity contribution in [3.05, 3.63) is 66.1 Å². The van der Waals surface area contributed by atoms with Crippen LogP contribution < -0.4 is 4.90 Å². The number of pyridine rings is 1. The molecular weight excluding hydrogens is 406 g/mol. The minimum absolute atomic E-state index is 0.0354. The molecule has 0 radical (unpaired) electrons. The first-order valence-electron chi connectivity index (χ1n) is 10.8. The van der Waals surface area contributed by atoms with Crippen LogP contribution in [0.5, 0.6) is 0 Å². The van der Waals surface area contributed by atoms with E-state index in [1.807, 2.05) is 35.2 Å². The van der Waals surface area contributed by atoms with Crippen LogP contribution in [0.15, 0.2) is 55.0 Å². The second-order valence-corrected chi connectivity index (χ2v) is 8.48. The van der Waals surface area contributed by atoms with E-state index in [4.69, 9.17) is 9.47 Å². The van der Waals surface area contributed by atoms with Crippen LogP contribution in [0.3, 0.4) is 0 Å². The number of hydrogen-bond acceptors (Lipinski definition) is 7. The summed E-state index contributed by atoms with van der Waals surface area (Å²) < 4.78 is 11.0. The van der Waals surface area contributed by atoms with Crippen LogP contribution in [0.25, 0.3) is 11.3 Å². The van der Waals surface area contributed by atoms with Crippen molar-refractivity contribution < 1.29 is 14.3 Å². The summed E-state index contributed by atoms with van der Waals surface area (Å²) in [5, 5.41) is 0. The molecule has 3 aliphatic rings. The lowest BCUT2D eigenvalue weighted by atomic mass is 9.80. The summed E-state index contributed by atoms with van der Waals surface area (Å²) >= 11 is 0. The molecule has 0 saturated carbocycles. The topological polar surface area (TPSA) is 80.7 Å². The lowest BCUT2D eigenvalue weighted by molar-refractivity contribution is -0.0507. The van der Waals surface area contributed by atoms with Crippen LogP contribution in [0, 0.1) is 0 Å². The van der Waals surface area contributed by atoms with Gasteiger partial charge in [-0.05, 0) is 29.8 Å². The Morgan fingerprint density at radius 1 is 0.969 bits per heavy atom. The van der Waals surface area contributed by atoms with Gasteiger partial charge in [0.1, 0.15) is 0 Å². The van der Waals surface area contributed by atoms with E-state index in [1.165, 1.54) is 5.56 Å². The highest BCUT2D eigenvalue weighted by Crippen LogP contribution is 2.47. The SMILES string of the molecule is O=C(c1ccc2c(c1)N(c1ncc(-c3ccccn3)cn1)CC21COC1)N1CCOCC1. The summed E-state index contributed by atoms with van der Waals surface area (Å²) in [6.45, 7) is 4.48. The average Bonchev–Trinajstić information content (AvgIpc) is 3.20. The minimum Gasteiger partial charge on any atom is -0.379 e. The van der Waals surface area contributed by atoms with Gasteiger partial charge in [-0.15, -0.1) is 0 Å². The van der Waals surface area contributed by atoms with Crippen molar-refractivity contribution in [3.63, 3.8) is 0 Å². The molecule has 6 rings (SSSR count). The van der Waals surface area contributed by atoms with Gasteiger partial charge in [-0.3, -0.25) is 9.78 Å². The number of rotatable bonds is 3. The Labute approximate surface area is 185 Å². The van der Waals surface area contributed by atoms with Crippen molar-refractivity contribution in [2.24, 2.45) is 0 Å². The van der Waals surface area contributed by atoms with E-state index in [0.29, 0.717) is 51.0 Å². The molecule has 1 amide bonds. The molecule has 8 heteroatoms. The molecule has 0 aliphatic carbocycles. The average molecular weight is 429 g/mol. The fraction of sp³-hybridized carbons (Fsp3) is 0.333. The first-order valence-corrected chi connectivity index (χ1v) is 10.8. The van der Waals surface area contributed by atoms with Crippen LogP contribution in [0.1, 0.15) is 15.9 Å². The zero-order valence-electron chi connectivity index (χ0n) is 17.6. The number of fused-ring (bicyclic) bond motifs is 2. The zero-order chi connectivity index (χ0) is 21.5. The molecule has 8 nitrogen and oxygen atoms in total. The Morgan fingerprint density at radius 2 is 1.78 bits per heavy atom. The van der Waals surface area contributed by atoms with Crippen LogP contribution >= 0.6 is 0 Å². The van der Waals surface area contributed by atoms with Gasteiger partial charge in [-0.1, -0.05) is 12.1 Å². The molecule has 0 unspecified atom stereocenters. The summed E-state index contributed by atoms with van der Waals surface area (Å²) in [6.07, 6.45) is 5.36. The molecule has 5 heterocycles. The summed E-state index contributed by atoms with van der Waals surface area (Å²) in [7, 11) is 0. The molecule has 32 heavy (non-hydrogen) atoms. The molecule has 2 aromatic heterocycles. The van der Waals surface area contributed by atoms with Crippen molar-refractivity contribution in [1.82, 2.24) is 19.9 Å². The first-order chi connectivity index (χ1) is 15.7. The van der Waals surface area contributed by atoms with Gasteiger partial charge in [0, 0.05) is 55.0 Å². The Morgan fingerprint density at radius 3 is 2.47 bits per heavy atom. The third kappa shape index (κ3) is 3.14. The maximum Gasteiger partial charge on any atom is 0.254 e. The normalized spacial score (nSPS) is 19.0. The Balaban J connectivity index is 1.34. The predicted octanol–water partition coefficient (Wildman–Crippen LogP) is 2.43. The van der Waals surface area contributed by atoms with Gasteiger partial charge in [0.2, 0.25) is 5.95 Å². The second-order valence-electron chi connectivity index (χ2n) is 8.48. The molecule has 1 spiro atoms. The lowest BCUT2D eigenvalue weighted by Gasteiger charge is -2.38. The molecule has 2 saturated heterocycles. The maximum atomic E-state index is 13.1. The van der Waals surface area contributed by atoms with Crippen molar-refractivity contribution in [1.29, 1.82) is 0 Å². The van der Waals surface area contributed by atoms with Crippen LogP contribution in [0.2, 0.25) is 0 Å². The summed E-state index contributed by atoms with van der Waals surface area (Å²) in [5.41, 5.74) is 4.49. The van der Waals surface area contributed by atoms with E-state index in [9.17, 15) is 4.79 Å².